The number of H-pyrrole nitrogens is 1. The van der Waals surface area contributed by atoms with Crippen molar-refractivity contribution in [2.45, 2.75) is 36.5 Å². The van der Waals surface area contributed by atoms with E-state index >= 15 is 0 Å². The lowest BCUT2D eigenvalue weighted by Gasteiger charge is -2.11. The summed E-state index contributed by atoms with van der Waals surface area (Å²) < 4.78 is 1.18. The van der Waals surface area contributed by atoms with Crippen molar-refractivity contribution < 1.29 is 10.2 Å². The van der Waals surface area contributed by atoms with E-state index in [0.29, 0.717) is 12.8 Å². The smallest absolute Gasteiger partial charge is 0.345 e. The largest absolute Gasteiger partial charge is 0.395 e. The lowest BCUT2D eigenvalue weighted by atomic mass is 10.2. The van der Waals surface area contributed by atoms with E-state index in [2.05, 4.69) is 10.1 Å². The van der Waals surface area contributed by atoms with Gasteiger partial charge in [0, 0.05) is 6.42 Å². The third-order valence-corrected chi connectivity index (χ3v) is 4.43. The second-order valence-corrected chi connectivity index (χ2v) is 5.54. The first kappa shape index (κ1) is 13.3. The highest BCUT2D eigenvalue weighted by Crippen LogP contribution is 2.39. The lowest BCUT2D eigenvalue weighted by Crippen LogP contribution is -2.36. The number of aliphatic hydroxyl groups excluding tert-OH is 2. The number of aromatic amines is 1. The predicted molar refractivity (Wildman–Crippen MR) is 66.6 cm³/mol. The number of aryl methyl sites for hydroxylation is 1. The fourth-order valence-corrected chi connectivity index (χ4v) is 3.25. The van der Waals surface area contributed by atoms with Gasteiger partial charge in [-0.1, -0.05) is 6.92 Å². The van der Waals surface area contributed by atoms with Gasteiger partial charge in [-0.05, 0) is 6.42 Å². The number of thioether (sulfide) groups is 1. The number of nitrogens with one attached hydrogen (secondary N) is 1. The first-order chi connectivity index (χ1) is 8.56. The fourth-order valence-electron chi connectivity index (χ4n) is 1.90. The number of hydrogen-bond donors (Lipinski definition) is 3. The molecule has 1 aliphatic heterocycles. The molecule has 8 heteroatoms. The van der Waals surface area contributed by atoms with Crippen LogP contribution in [0.4, 0.5) is 0 Å². The van der Waals surface area contributed by atoms with Crippen molar-refractivity contribution in [1.82, 2.24) is 14.8 Å². The van der Waals surface area contributed by atoms with Crippen LogP contribution in [0.25, 0.3) is 0 Å². The number of rotatable bonds is 3. The maximum Gasteiger partial charge on any atom is 0.345 e. The average molecular weight is 273 g/mol. The summed E-state index contributed by atoms with van der Waals surface area (Å²) >= 11 is 1.29. The minimum atomic E-state index is -0.671. The number of aliphatic hydroxyl groups is 2. The molecule has 1 aromatic rings. The van der Waals surface area contributed by atoms with E-state index in [1.165, 1.54) is 16.4 Å². The molecule has 0 radical (unpaired) electrons. The molecule has 2 heterocycles. The summed E-state index contributed by atoms with van der Waals surface area (Å²) in [5, 5.41) is 22.1. The Hall–Kier alpha value is -1.12. The molecule has 7 nitrogen and oxygen atoms in total. The highest BCUT2D eigenvalue weighted by Gasteiger charge is 2.35. The summed E-state index contributed by atoms with van der Waals surface area (Å²) in [5.41, 5.74) is -0.765. The van der Waals surface area contributed by atoms with Crippen molar-refractivity contribution >= 4 is 11.8 Å². The van der Waals surface area contributed by atoms with E-state index in [4.69, 9.17) is 5.11 Å². The van der Waals surface area contributed by atoms with Gasteiger partial charge in [-0.3, -0.25) is 9.78 Å². The molecule has 0 bridgehead atoms. The summed E-state index contributed by atoms with van der Waals surface area (Å²) in [6, 6.07) is 0. The third-order valence-electron chi connectivity index (χ3n) is 2.91. The van der Waals surface area contributed by atoms with Gasteiger partial charge in [-0.2, -0.15) is 5.10 Å². The zero-order chi connectivity index (χ0) is 13.3. The second-order valence-electron chi connectivity index (χ2n) is 4.12. The average Bonchev–Trinajstić information content (AvgIpc) is 2.70. The summed E-state index contributed by atoms with van der Waals surface area (Å²) in [7, 11) is 0. The molecule has 0 spiro atoms. The molecule has 18 heavy (non-hydrogen) atoms. The van der Waals surface area contributed by atoms with Crippen molar-refractivity contribution in [2.24, 2.45) is 0 Å². The highest BCUT2D eigenvalue weighted by atomic mass is 32.2. The zero-order valence-corrected chi connectivity index (χ0v) is 10.7. The molecule has 1 fully saturated rings. The van der Waals surface area contributed by atoms with Crippen LogP contribution in [-0.4, -0.2) is 42.9 Å². The highest BCUT2D eigenvalue weighted by molar-refractivity contribution is 8.00. The van der Waals surface area contributed by atoms with Crippen molar-refractivity contribution in [3.63, 3.8) is 0 Å². The van der Waals surface area contributed by atoms with Crippen molar-refractivity contribution in [2.75, 3.05) is 6.61 Å². The standard InChI is InChI=1S/C10H15N3O4S/c1-2-5-9(16)11-10(17)13(12-5)8-3-6(15)7(4-14)18-8/h6-8,14-15H,2-4H2,1H3,(H,11,16,17). The van der Waals surface area contributed by atoms with Crippen molar-refractivity contribution in [3.8, 4) is 0 Å². The Morgan fingerprint density at radius 3 is 2.83 bits per heavy atom. The quantitative estimate of drug-likeness (QED) is 0.642. The van der Waals surface area contributed by atoms with Crippen LogP contribution >= 0.6 is 11.8 Å². The van der Waals surface area contributed by atoms with E-state index in [0.717, 1.165) is 0 Å². The Labute approximate surface area is 107 Å². The normalized spacial score (nSPS) is 27.6. The van der Waals surface area contributed by atoms with Crippen LogP contribution < -0.4 is 11.2 Å². The van der Waals surface area contributed by atoms with E-state index in [1.54, 1.807) is 6.92 Å². The van der Waals surface area contributed by atoms with Crippen LogP contribution in [0.3, 0.4) is 0 Å². The molecule has 3 N–H and O–H groups in total. The molecule has 0 amide bonds. The summed E-state index contributed by atoms with van der Waals surface area (Å²) in [4.78, 5) is 25.3. The molecule has 3 atom stereocenters. The Morgan fingerprint density at radius 1 is 1.56 bits per heavy atom. The Kier molecular flexibility index (Phi) is 3.88. The van der Waals surface area contributed by atoms with E-state index in [1.807, 2.05) is 0 Å². The Balaban J connectivity index is 2.35. The van der Waals surface area contributed by atoms with Gasteiger partial charge in [-0.25, -0.2) is 9.48 Å². The molecule has 2 rings (SSSR count). The topological polar surface area (TPSA) is 108 Å². The van der Waals surface area contributed by atoms with Gasteiger partial charge in [0.25, 0.3) is 5.56 Å². The maximum absolute atomic E-state index is 11.7. The number of nitrogens with zero attached hydrogens (tertiary/aromatic N) is 2. The SMILES string of the molecule is CCc1nn(C2CC(O)C(CO)S2)c(=O)[nH]c1=O. The monoisotopic (exact) mass is 273 g/mol. The summed E-state index contributed by atoms with van der Waals surface area (Å²) in [5.74, 6) is 0. The molecular formula is C10H15N3O4S. The van der Waals surface area contributed by atoms with Crippen LogP contribution in [0.1, 0.15) is 24.4 Å². The van der Waals surface area contributed by atoms with Gasteiger partial charge >= 0.3 is 5.69 Å². The van der Waals surface area contributed by atoms with Crippen LogP contribution in [0.5, 0.6) is 0 Å². The number of aromatic nitrogens is 3. The lowest BCUT2D eigenvalue weighted by molar-refractivity contribution is 0.136. The van der Waals surface area contributed by atoms with Crippen LogP contribution in [0, 0.1) is 0 Å². The molecule has 1 saturated heterocycles. The maximum atomic E-state index is 11.7. The van der Waals surface area contributed by atoms with Gasteiger partial charge < -0.3 is 10.2 Å². The van der Waals surface area contributed by atoms with Crippen LogP contribution in [0.2, 0.25) is 0 Å². The molecule has 0 aromatic carbocycles. The summed E-state index contributed by atoms with van der Waals surface area (Å²) in [6.07, 6.45) is 0.0902. The van der Waals surface area contributed by atoms with Crippen LogP contribution in [0.15, 0.2) is 9.59 Å². The van der Waals surface area contributed by atoms with Gasteiger partial charge in [-0.15, -0.1) is 11.8 Å². The Morgan fingerprint density at radius 2 is 2.28 bits per heavy atom. The molecule has 1 aromatic heterocycles. The van der Waals surface area contributed by atoms with Crippen molar-refractivity contribution in [3.05, 3.63) is 26.5 Å². The molecule has 3 unspecified atom stereocenters. The van der Waals surface area contributed by atoms with E-state index in [-0.39, 0.29) is 22.9 Å². The first-order valence-electron chi connectivity index (χ1n) is 5.73. The minimum absolute atomic E-state index is 0.152. The molecule has 0 saturated carbocycles. The molecular weight excluding hydrogens is 258 g/mol. The van der Waals surface area contributed by atoms with Gasteiger partial charge in [0.15, 0.2) is 0 Å². The first-order valence-corrected chi connectivity index (χ1v) is 6.67. The Bertz CT molecular complexity index is 541. The molecule has 1 aliphatic rings. The fraction of sp³-hybridized carbons (Fsp3) is 0.700. The molecule has 0 aliphatic carbocycles. The van der Waals surface area contributed by atoms with Crippen LogP contribution in [-0.2, 0) is 6.42 Å². The second kappa shape index (κ2) is 5.25. The number of hydrogen-bond acceptors (Lipinski definition) is 6. The van der Waals surface area contributed by atoms with E-state index in [9.17, 15) is 14.7 Å². The summed E-state index contributed by atoms with van der Waals surface area (Å²) in [6.45, 7) is 1.63. The van der Waals surface area contributed by atoms with Gasteiger partial charge in [0.1, 0.15) is 11.1 Å². The van der Waals surface area contributed by atoms with Gasteiger partial charge in [0.2, 0.25) is 0 Å². The van der Waals surface area contributed by atoms with E-state index < -0.39 is 17.4 Å². The third kappa shape index (κ3) is 2.36. The zero-order valence-electron chi connectivity index (χ0n) is 9.87. The minimum Gasteiger partial charge on any atom is -0.395 e. The molecule has 100 valence electrons. The van der Waals surface area contributed by atoms with Gasteiger partial charge in [0.05, 0.1) is 18.0 Å². The predicted octanol–water partition coefficient (Wildman–Crippen LogP) is -1.15. The van der Waals surface area contributed by atoms with Crippen molar-refractivity contribution in [1.29, 1.82) is 0 Å².